The van der Waals surface area contributed by atoms with Crippen LogP contribution in [-0.4, -0.2) is 35.2 Å². The first-order chi connectivity index (χ1) is 16.6. The zero-order valence-corrected chi connectivity index (χ0v) is 19.9. The van der Waals surface area contributed by atoms with Gasteiger partial charge in [-0.25, -0.2) is 4.98 Å². The quantitative estimate of drug-likeness (QED) is 0.301. The topological polar surface area (TPSA) is 65.4 Å². The summed E-state index contributed by atoms with van der Waals surface area (Å²) in [6.07, 6.45) is 1.47. The highest BCUT2D eigenvalue weighted by Crippen LogP contribution is 2.18. The molecule has 1 amide bonds. The number of para-hydroxylation sites is 2. The van der Waals surface area contributed by atoms with Crippen molar-refractivity contribution in [2.75, 3.05) is 19.8 Å². The van der Waals surface area contributed by atoms with Gasteiger partial charge < -0.3 is 19.4 Å². The number of nitrogens with one attached hydrogen (secondary N) is 1. The monoisotopic (exact) mass is 477 g/mol. The van der Waals surface area contributed by atoms with Gasteiger partial charge in [-0.1, -0.05) is 41.4 Å². The van der Waals surface area contributed by atoms with Gasteiger partial charge in [-0.05, 0) is 61.9 Å². The third-order valence-electron chi connectivity index (χ3n) is 5.40. The van der Waals surface area contributed by atoms with Crippen molar-refractivity contribution < 1.29 is 14.3 Å². The van der Waals surface area contributed by atoms with Gasteiger partial charge in [0.05, 0.1) is 17.6 Å². The summed E-state index contributed by atoms with van der Waals surface area (Å²) in [7, 11) is 0. The number of amides is 1. The number of ether oxygens (including phenoxy) is 2. The molecule has 0 bridgehead atoms. The van der Waals surface area contributed by atoms with Crippen LogP contribution in [0.25, 0.3) is 11.0 Å². The van der Waals surface area contributed by atoms with E-state index in [-0.39, 0.29) is 12.5 Å². The lowest BCUT2D eigenvalue weighted by atomic mass is 10.2. The van der Waals surface area contributed by atoms with Crippen LogP contribution < -0.4 is 14.8 Å². The Bertz CT molecular complexity index is 1220. The minimum absolute atomic E-state index is 0.0472. The minimum atomic E-state index is -0.177. The standard InChI is InChI=1S/C27H28ClN3O3/c1-20-7-11-22(12-8-20)33-18-4-17-31-25-6-3-2-5-24(25)30-26(31)15-16-29-27(32)19-34-23-13-9-21(28)10-14-23/h2-3,5-14H,4,15-19H2,1H3,(H,29,32). The van der Waals surface area contributed by atoms with Crippen molar-refractivity contribution in [2.24, 2.45) is 0 Å². The maximum Gasteiger partial charge on any atom is 0.257 e. The molecule has 1 heterocycles. The van der Waals surface area contributed by atoms with Gasteiger partial charge in [0, 0.05) is 24.5 Å². The van der Waals surface area contributed by atoms with Crippen molar-refractivity contribution in [1.29, 1.82) is 0 Å². The van der Waals surface area contributed by atoms with Gasteiger partial charge in [-0.15, -0.1) is 0 Å². The summed E-state index contributed by atoms with van der Waals surface area (Å²) in [5.41, 5.74) is 3.25. The summed E-state index contributed by atoms with van der Waals surface area (Å²) >= 11 is 5.87. The highest BCUT2D eigenvalue weighted by atomic mass is 35.5. The van der Waals surface area contributed by atoms with Crippen LogP contribution in [0.5, 0.6) is 11.5 Å². The van der Waals surface area contributed by atoms with Crippen molar-refractivity contribution in [1.82, 2.24) is 14.9 Å². The van der Waals surface area contributed by atoms with Crippen LogP contribution in [0.4, 0.5) is 0 Å². The number of carbonyl (C=O) groups excluding carboxylic acids is 1. The lowest BCUT2D eigenvalue weighted by Gasteiger charge is -2.11. The molecule has 0 saturated carbocycles. The van der Waals surface area contributed by atoms with Gasteiger partial charge >= 0.3 is 0 Å². The maximum absolute atomic E-state index is 12.2. The number of hydrogen-bond acceptors (Lipinski definition) is 4. The van der Waals surface area contributed by atoms with E-state index in [1.807, 2.05) is 42.5 Å². The predicted molar refractivity (Wildman–Crippen MR) is 135 cm³/mol. The fourth-order valence-corrected chi connectivity index (χ4v) is 3.78. The van der Waals surface area contributed by atoms with Gasteiger partial charge in [0.1, 0.15) is 17.3 Å². The SMILES string of the molecule is Cc1ccc(OCCCn2c(CCNC(=O)COc3ccc(Cl)cc3)nc3ccccc32)cc1. The molecule has 1 N–H and O–H groups in total. The van der Waals surface area contributed by atoms with Crippen LogP contribution in [0.2, 0.25) is 5.02 Å². The molecule has 0 saturated heterocycles. The number of aromatic nitrogens is 2. The zero-order chi connectivity index (χ0) is 23.8. The molecule has 0 atom stereocenters. The van der Waals surface area contributed by atoms with Crippen molar-refractivity contribution in [3.8, 4) is 11.5 Å². The van der Waals surface area contributed by atoms with E-state index in [0.717, 1.165) is 35.6 Å². The Hall–Kier alpha value is -3.51. The van der Waals surface area contributed by atoms with Crippen LogP contribution in [0, 0.1) is 6.92 Å². The molecule has 0 aliphatic heterocycles. The number of imidazole rings is 1. The molecule has 0 aliphatic rings. The predicted octanol–water partition coefficient (Wildman–Crippen LogP) is 5.20. The average Bonchev–Trinajstić information content (AvgIpc) is 3.20. The van der Waals surface area contributed by atoms with Crippen molar-refractivity contribution in [2.45, 2.75) is 26.3 Å². The van der Waals surface area contributed by atoms with Crippen LogP contribution in [0.1, 0.15) is 17.8 Å². The molecule has 3 aromatic carbocycles. The van der Waals surface area contributed by atoms with E-state index in [9.17, 15) is 4.79 Å². The number of hydrogen-bond donors (Lipinski definition) is 1. The summed E-state index contributed by atoms with van der Waals surface area (Å²) < 4.78 is 13.6. The Balaban J connectivity index is 1.29. The molecule has 0 unspecified atom stereocenters. The molecule has 1 aromatic heterocycles. The van der Waals surface area contributed by atoms with E-state index in [4.69, 9.17) is 26.1 Å². The first kappa shape index (κ1) is 23.6. The molecule has 0 radical (unpaired) electrons. The Kier molecular flexibility index (Phi) is 8.04. The largest absolute Gasteiger partial charge is 0.494 e. The summed E-state index contributed by atoms with van der Waals surface area (Å²) in [6.45, 7) is 3.90. The maximum atomic E-state index is 12.2. The molecule has 176 valence electrons. The van der Waals surface area contributed by atoms with E-state index in [0.29, 0.717) is 30.3 Å². The van der Waals surface area contributed by atoms with Crippen LogP contribution >= 0.6 is 11.6 Å². The average molecular weight is 478 g/mol. The summed E-state index contributed by atoms with van der Waals surface area (Å²) in [5, 5.41) is 3.54. The third kappa shape index (κ3) is 6.51. The van der Waals surface area contributed by atoms with E-state index in [2.05, 4.69) is 22.9 Å². The molecule has 0 fully saturated rings. The van der Waals surface area contributed by atoms with Crippen molar-refractivity contribution >= 4 is 28.5 Å². The Morgan fingerprint density at radius 2 is 1.68 bits per heavy atom. The fraction of sp³-hybridized carbons (Fsp3) is 0.259. The van der Waals surface area contributed by atoms with Crippen LogP contribution in [0.3, 0.4) is 0 Å². The molecular formula is C27H28ClN3O3. The Morgan fingerprint density at radius 3 is 2.47 bits per heavy atom. The lowest BCUT2D eigenvalue weighted by Crippen LogP contribution is -2.31. The molecular weight excluding hydrogens is 450 g/mol. The molecule has 0 spiro atoms. The van der Waals surface area contributed by atoms with Gasteiger partial charge in [0.15, 0.2) is 6.61 Å². The van der Waals surface area contributed by atoms with Gasteiger partial charge in [-0.2, -0.15) is 0 Å². The van der Waals surface area contributed by atoms with Gasteiger partial charge in [0.2, 0.25) is 0 Å². The minimum Gasteiger partial charge on any atom is -0.494 e. The summed E-state index contributed by atoms with van der Waals surface area (Å²) in [6, 6.07) is 23.1. The highest BCUT2D eigenvalue weighted by molar-refractivity contribution is 6.30. The number of benzene rings is 3. The van der Waals surface area contributed by atoms with E-state index in [1.54, 1.807) is 24.3 Å². The normalized spacial score (nSPS) is 10.9. The summed E-state index contributed by atoms with van der Waals surface area (Å²) in [4.78, 5) is 17.0. The molecule has 4 aromatic rings. The van der Waals surface area contributed by atoms with Crippen LogP contribution in [0.15, 0.2) is 72.8 Å². The molecule has 34 heavy (non-hydrogen) atoms. The number of rotatable bonds is 11. The number of halogens is 1. The van der Waals surface area contributed by atoms with Gasteiger partial charge in [-0.3, -0.25) is 4.79 Å². The van der Waals surface area contributed by atoms with E-state index >= 15 is 0 Å². The molecule has 0 aliphatic carbocycles. The lowest BCUT2D eigenvalue weighted by molar-refractivity contribution is -0.123. The Morgan fingerprint density at radius 1 is 0.971 bits per heavy atom. The number of aryl methyl sites for hydroxylation is 2. The molecule has 4 rings (SSSR count). The van der Waals surface area contributed by atoms with Gasteiger partial charge in [0.25, 0.3) is 5.91 Å². The first-order valence-corrected chi connectivity index (χ1v) is 11.7. The molecule has 6 nitrogen and oxygen atoms in total. The molecule has 7 heteroatoms. The second kappa shape index (κ2) is 11.6. The van der Waals surface area contributed by atoms with E-state index in [1.165, 1.54) is 5.56 Å². The number of nitrogens with zero attached hydrogens (tertiary/aromatic N) is 2. The number of fused-ring (bicyclic) bond motifs is 1. The van der Waals surface area contributed by atoms with Crippen LogP contribution in [-0.2, 0) is 17.8 Å². The van der Waals surface area contributed by atoms with E-state index < -0.39 is 0 Å². The first-order valence-electron chi connectivity index (χ1n) is 11.4. The second-order valence-corrected chi connectivity index (χ2v) is 8.46. The summed E-state index contributed by atoms with van der Waals surface area (Å²) in [5.74, 6) is 2.25. The Labute approximate surface area is 204 Å². The van der Waals surface area contributed by atoms with Crippen molar-refractivity contribution in [3.63, 3.8) is 0 Å². The second-order valence-electron chi connectivity index (χ2n) is 8.03. The number of carbonyl (C=O) groups is 1. The smallest absolute Gasteiger partial charge is 0.257 e. The highest BCUT2D eigenvalue weighted by Gasteiger charge is 2.11. The third-order valence-corrected chi connectivity index (χ3v) is 5.66. The van der Waals surface area contributed by atoms with Crippen molar-refractivity contribution in [3.05, 3.63) is 89.2 Å². The zero-order valence-electron chi connectivity index (χ0n) is 19.2. The fourth-order valence-electron chi connectivity index (χ4n) is 3.66.